The molecule has 0 aromatic heterocycles. The van der Waals surface area contributed by atoms with E-state index >= 15 is 0 Å². The molecule has 5 nitrogen and oxygen atoms in total. The average molecular weight is 213 g/mol. The first-order valence-corrected chi connectivity index (χ1v) is 5.19. The fourth-order valence-corrected chi connectivity index (χ4v) is 1.68. The van der Waals surface area contributed by atoms with Crippen molar-refractivity contribution in [3.05, 3.63) is 0 Å². The van der Waals surface area contributed by atoms with Crippen LogP contribution in [0.25, 0.3) is 0 Å². The fraction of sp³-hybridized carbons (Fsp3) is 0.800. The van der Waals surface area contributed by atoms with Crippen LogP contribution in [0, 0.1) is 5.41 Å². The Hall–Kier alpha value is -1.10. The van der Waals surface area contributed by atoms with E-state index in [0.29, 0.717) is 0 Å². The number of hydrogen-bond acceptors (Lipinski definition) is 3. The second-order valence-electron chi connectivity index (χ2n) is 4.71. The van der Waals surface area contributed by atoms with E-state index in [-0.39, 0.29) is 30.3 Å². The second-order valence-corrected chi connectivity index (χ2v) is 4.71. The standard InChI is InChI=1S/C10H19N3O2/c1-10(2)3-4-13(7-10)9(15)6-12-8(14)5-11/h3-7,11H2,1-2H3,(H,12,14). The van der Waals surface area contributed by atoms with Crippen LogP contribution in [0.4, 0.5) is 0 Å². The summed E-state index contributed by atoms with van der Waals surface area (Å²) in [5.41, 5.74) is 5.32. The van der Waals surface area contributed by atoms with Crippen molar-refractivity contribution in [1.29, 1.82) is 0 Å². The van der Waals surface area contributed by atoms with Gasteiger partial charge in [-0.3, -0.25) is 9.59 Å². The molecule has 3 N–H and O–H groups in total. The number of amides is 2. The van der Waals surface area contributed by atoms with Crippen LogP contribution in [0.5, 0.6) is 0 Å². The predicted molar refractivity (Wildman–Crippen MR) is 57.0 cm³/mol. The number of hydrogen-bond donors (Lipinski definition) is 2. The Balaban J connectivity index is 2.33. The number of carbonyl (C=O) groups is 2. The molecule has 1 saturated heterocycles. The van der Waals surface area contributed by atoms with Crippen LogP contribution in [0.15, 0.2) is 0 Å². The van der Waals surface area contributed by atoms with Crippen molar-refractivity contribution in [2.24, 2.45) is 11.1 Å². The van der Waals surface area contributed by atoms with Crippen molar-refractivity contribution >= 4 is 11.8 Å². The predicted octanol–water partition coefficient (Wildman–Crippen LogP) is -0.680. The lowest BCUT2D eigenvalue weighted by Gasteiger charge is -2.19. The summed E-state index contributed by atoms with van der Waals surface area (Å²) in [4.78, 5) is 24.3. The van der Waals surface area contributed by atoms with Crippen molar-refractivity contribution < 1.29 is 9.59 Å². The van der Waals surface area contributed by atoms with E-state index in [1.807, 2.05) is 0 Å². The van der Waals surface area contributed by atoms with Gasteiger partial charge in [-0.05, 0) is 11.8 Å². The van der Waals surface area contributed by atoms with E-state index in [1.54, 1.807) is 4.90 Å². The highest BCUT2D eigenvalue weighted by molar-refractivity contribution is 5.85. The lowest BCUT2D eigenvalue weighted by atomic mass is 9.93. The van der Waals surface area contributed by atoms with E-state index in [4.69, 9.17) is 5.73 Å². The highest BCUT2D eigenvalue weighted by Gasteiger charge is 2.31. The van der Waals surface area contributed by atoms with Gasteiger partial charge in [0.1, 0.15) is 0 Å². The molecule has 1 fully saturated rings. The van der Waals surface area contributed by atoms with Crippen molar-refractivity contribution in [3.63, 3.8) is 0 Å². The van der Waals surface area contributed by atoms with E-state index < -0.39 is 0 Å². The largest absolute Gasteiger partial charge is 0.346 e. The van der Waals surface area contributed by atoms with Crippen LogP contribution >= 0.6 is 0 Å². The number of carbonyl (C=O) groups excluding carboxylic acids is 2. The molecule has 0 aromatic carbocycles. The first kappa shape index (κ1) is 12.0. The number of nitrogens with one attached hydrogen (secondary N) is 1. The van der Waals surface area contributed by atoms with E-state index in [0.717, 1.165) is 19.5 Å². The summed E-state index contributed by atoms with van der Waals surface area (Å²) in [7, 11) is 0. The summed E-state index contributed by atoms with van der Waals surface area (Å²) in [5, 5.41) is 2.48. The van der Waals surface area contributed by atoms with Gasteiger partial charge in [0, 0.05) is 13.1 Å². The van der Waals surface area contributed by atoms with Gasteiger partial charge in [0.2, 0.25) is 11.8 Å². The molecular formula is C10H19N3O2. The maximum Gasteiger partial charge on any atom is 0.241 e. The van der Waals surface area contributed by atoms with Gasteiger partial charge in [0.25, 0.3) is 0 Å². The molecule has 0 saturated carbocycles. The van der Waals surface area contributed by atoms with Gasteiger partial charge < -0.3 is 16.0 Å². The van der Waals surface area contributed by atoms with Crippen molar-refractivity contribution in [2.75, 3.05) is 26.2 Å². The van der Waals surface area contributed by atoms with Crippen molar-refractivity contribution in [1.82, 2.24) is 10.2 Å². The maximum atomic E-state index is 11.6. The highest BCUT2D eigenvalue weighted by Crippen LogP contribution is 2.28. The smallest absolute Gasteiger partial charge is 0.241 e. The van der Waals surface area contributed by atoms with Crippen LogP contribution in [0.1, 0.15) is 20.3 Å². The maximum absolute atomic E-state index is 11.6. The minimum atomic E-state index is -0.290. The topological polar surface area (TPSA) is 75.4 Å². The molecule has 2 amide bonds. The second kappa shape index (κ2) is 4.61. The molecule has 1 heterocycles. The van der Waals surface area contributed by atoms with Crippen LogP contribution in [0.2, 0.25) is 0 Å². The van der Waals surface area contributed by atoms with Gasteiger partial charge in [-0.15, -0.1) is 0 Å². The summed E-state index contributed by atoms with van der Waals surface area (Å²) >= 11 is 0. The van der Waals surface area contributed by atoms with Crippen LogP contribution < -0.4 is 11.1 Å². The summed E-state index contributed by atoms with van der Waals surface area (Å²) in [6, 6.07) is 0. The van der Waals surface area contributed by atoms with Crippen molar-refractivity contribution in [2.45, 2.75) is 20.3 Å². The molecule has 1 aliphatic rings. The quantitative estimate of drug-likeness (QED) is 0.652. The Kier molecular flexibility index (Phi) is 3.68. The molecule has 0 aliphatic carbocycles. The third kappa shape index (κ3) is 3.51. The Morgan fingerprint density at radius 1 is 1.47 bits per heavy atom. The van der Waals surface area contributed by atoms with Crippen LogP contribution in [0.3, 0.4) is 0 Å². The van der Waals surface area contributed by atoms with Crippen LogP contribution in [-0.2, 0) is 9.59 Å². The summed E-state index contributed by atoms with van der Waals surface area (Å²) in [6.07, 6.45) is 1.02. The zero-order valence-corrected chi connectivity index (χ0v) is 9.38. The Morgan fingerprint density at radius 2 is 2.13 bits per heavy atom. The van der Waals surface area contributed by atoms with Gasteiger partial charge >= 0.3 is 0 Å². The number of likely N-dealkylation sites (tertiary alicyclic amines) is 1. The summed E-state index contributed by atoms with van der Waals surface area (Å²) in [5.74, 6) is -0.316. The minimum Gasteiger partial charge on any atom is -0.346 e. The molecule has 1 rings (SSSR count). The Bertz CT molecular complexity index is 263. The highest BCUT2D eigenvalue weighted by atomic mass is 16.2. The molecule has 0 aromatic rings. The molecule has 0 atom stereocenters. The first-order valence-electron chi connectivity index (χ1n) is 5.19. The average Bonchev–Trinajstić information content (AvgIpc) is 2.54. The molecule has 0 radical (unpaired) electrons. The molecular weight excluding hydrogens is 194 g/mol. The Labute approximate surface area is 90.0 Å². The molecule has 86 valence electrons. The van der Waals surface area contributed by atoms with Gasteiger partial charge in [-0.25, -0.2) is 0 Å². The third-order valence-corrected chi connectivity index (χ3v) is 2.65. The first-order chi connectivity index (χ1) is 6.94. The monoisotopic (exact) mass is 213 g/mol. The lowest BCUT2D eigenvalue weighted by Crippen LogP contribution is -2.41. The fourth-order valence-electron chi connectivity index (χ4n) is 1.68. The van der Waals surface area contributed by atoms with E-state index in [2.05, 4.69) is 19.2 Å². The van der Waals surface area contributed by atoms with E-state index in [9.17, 15) is 9.59 Å². The SMILES string of the molecule is CC1(C)CCN(C(=O)CNC(=O)CN)C1. The molecule has 1 aliphatic heterocycles. The van der Waals surface area contributed by atoms with Gasteiger partial charge in [-0.2, -0.15) is 0 Å². The van der Waals surface area contributed by atoms with Gasteiger partial charge in [-0.1, -0.05) is 13.8 Å². The van der Waals surface area contributed by atoms with Crippen LogP contribution in [-0.4, -0.2) is 42.9 Å². The Morgan fingerprint density at radius 3 is 2.60 bits per heavy atom. The molecule has 0 unspecified atom stereocenters. The number of rotatable bonds is 3. The molecule has 0 spiro atoms. The third-order valence-electron chi connectivity index (χ3n) is 2.65. The summed E-state index contributed by atoms with van der Waals surface area (Å²) < 4.78 is 0. The molecule has 0 bridgehead atoms. The zero-order chi connectivity index (χ0) is 11.5. The summed E-state index contributed by atoms with van der Waals surface area (Å²) in [6.45, 7) is 5.82. The number of nitrogens with two attached hydrogens (primary N) is 1. The molecule has 15 heavy (non-hydrogen) atoms. The minimum absolute atomic E-state index is 0.0256. The van der Waals surface area contributed by atoms with Gasteiger partial charge in [0.15, 0.2) is 0 Å². The zero-order valence-electron chi connectivity index (χ0n) is 9.38. The lowest BCUT2D eigenvalue weighted by molar-refractivity contribution is -0.132. The van der Waals surface area contributed by atoms with Crippen molar-refractivity contribution in [3.8, 4) is 0 Å². The normalized spacial score (nSPS) is 19.0. The van der Waals surface area contributed by atoms with Gasteiger partial charge in [0.05, 0.1) is 13.1 Å². The molecule has 5 heteroatoms. The number of nitrogens with zero attached hydrogens (tertiary/aromatic N) is 1. The van der Waals surface area contributed by atoms with E-state index in [1.165, 1.54) is 0 Å².